The van der Waals surface area contributed by atoms with E-state index in [0.717, 1.165) is 11.6 Å². The van der Waals surface area contributed by atoms with Crippen molar-refractivity contribution in [2.24, 2.45) is 0 Å². The highest BCUT2D eigenvalue weighted by atomic mass is 19.1. The topological polar surface area (TPSA) is 55.0 Å². The third kappa shape index (κ3) is 2.38. The molecule has 0 spiro atoms. The van der Waals surface area contributed by atoms with Crippen LogP contribution in [-0.4, -0.2) is 9.97 Å². The molecule has 4 nitrogen and oxygen atoms in total. The third-order valence-electron chi connectivity index (χ3n) is 2.93. The van der Waals surface area contributed by atoms with Crippen LogP contribution in [0.2, 0.25) is 0 Å². The Morgan fingerprint density at radius 2 is 2.00 bits per heavy atom. The van der Waals surface area contributed by atoms with Gasteiger partial charge in [-0.3, -0.25) is 4.79 Å². The number of aromatic amines is 1. The molecular weight excluding hydrogens is 259 g/mol. The van der Waals surface area contributed by atoms with Crippen molar-refractivity contribution in [2.45, 2.75) is 6.61 Å². The van der Waals surface area contributed by atoms with E-state index in [1.807, 2.05) is 30.3 Å². The van der Waals surface area contributed by atoms with Crippen LogP contribution >= 0.6 is 0 Å². The number of rotatable bonds is 3. The van der Waals surface area contributed by atoms with Gasteiger partial charge in [-0.1, -0.05) is 30.3 Å². The second kappa shape index (κ2) is 5.13. The molecule has 0 amide bonds. The monoisotopic (exact) mass is 270 g/mol. The lowest BCUT2D eigenvalue weighted by atomic mass is 10.2. The van der Waals surface area contributed by atoms with Crippen molar-refractivity contribution in [2.75, 3.05) is 0 Å². The number of nitrogens with zero attached hydrogens (tertiary/aromatic N) is 1. The number of nitrogens with one attached hydrogen (secondary N) is 1. The average molecular weight is 270 g/mol. The molecule has 20 heavy (non-hydrogen) atoms. The molecule has 0 atom stereocenters. The van der Waals surface area contributed by atoms with E-state index in [2.05, 4.69) is 9.97 Å². The predicted molar refractivity (Wildman–Crippen MR) is 73.1 cm³/mol. The molecule has 100 valence electrons. The van der Waals surface area contributed by atoms with Crippen molar-refractivity contribution < 1.29 is 9.13 Å². The predicted octanol–water partition coefficient (Wildman–Crippen LogP) is 2.64. The van der Waals surface area contributed by atoms with Crippen LogP contribution in [0.1, 0.15) is 5.56 Å². The van der Waals surface area contributed by atoms with Crippen molar-refractivity contribution in [3.05, 3.63) is 70.5 Å². The first-order valence-electron chi connectivity index (χ1n) is 6.08. The number of hydrogen-bond donors (Lipinski definition) is 1. The van der Waals surface area contributed by atoms with Gasteiger partial charge in [-0.15, -0.1) is 0 Å². The quantitative estimate of drug-likeness (QED) is 0.796. The highest BCUT2D eigenvalue weighted by molar-refractivity contribution is 5.78. The highest BCUT2D eigenvalue weighted by Crippen LogP contribution is 2.22. The van der Waals surface area contributed by atoms with Crippen LogP contribution in [0.25, 0.3) is 10.9 Å². The maximum Gasteiger partial charge on any atom is 0.258 e. The zero-order chi connectivity index (χ0) is 13.9. The summed E-state index contributed by atoms with van der Waals surface area (Å²) in [5, 5.41) is 0.206. The number of ether oxygens (including phenoxy) is 1. The van der Waals surface area contributed by atoms with Crippen LogP contribution in [0.15, 0.2) is 53.6 Å². The van der Waals surface area contributed by atoms with Crippen LogP contribution in [0.5, 0.6) is 5.75 Å². The number of fused-ring (bicyclic) bond motifs is 1. The van der Waals surface area contributed by atoms with Gasteiger partial charge in [0.1, 0.15) is 6.61 Å². The van der Waals surface area contributed by atoms with Gasteiger partial charge in [-0.2, -0.15) is 0 Å². The van der Waals surface area contributed by atoms with E-state index < -0.39 is 5.82 Å². The Morgan fingerprint density at radius 1 is 1.20 bits per heavy atom. The number of hydrogen-bond acceptors (Lipinski definition) is 3. The molecule has 3 aromatic rings. The van der Waals surface area contributed by atoms with Gasteiger partial charge < -0.3 is 9.72 Å². The Hall–Kier alpha value is -2.69. The van der Waals surface area contributed by atoms with Crippen LogP contribution in [0.4, 0.5) is 4.39 Å². The minimum absolute atomic E-state index is 0.0828. The van der Waals surface area contributed by atoms with Crippen LogP contribution in [0.3, 0.4) is 0 Å². The Balaban J connectivity index is 1.92. The van der Waals surface area contributed by atoms with E-state index in [1.165, 1.54) is 12.4 Å². The van der Waals surface area contributed by atoms with E-state index >= 15 is 0 Å². The van der Waals surface area contributed by atoms with Gasteiger partial charge in [0.25, 0.3) is 5.56 Å². The molecule has 1 heterocycles. The van der Waals surface area contributed by atoms with Crippen molar-refractivity contribution in [3.8, 4) is 5.75 Å². The standard InChI is InChI=1S/C15H11FN2O2/c16-12-6-11-13(17-9-18-15(11)19)7-14(12)20-8-10-4-2-1-3-5-10/h1-7,9H,8H2,(H,17,18,19). The summed E-state index contributed by atoms with van der Waals surface area (Å²) in [6.45, 7) is 0.256. The second-order valence-electron chi connectivity index (χ2n) is 4.31. The molecule has 2 aromatic carbocycles. The van der Waals surface area contributed by atoms with Crippen molar-refractivity contribution >= 4 is 10.9 Å². The van der Waals surface area contributed by atoms with Crippen LogP contribution in [-0.2, 0) is 6.61 Å². The summed E-state index contributed by atoms with van der Waals surface area (Å²) in [4.78, 5) is 17.9. The van der Waals surface area contributed by atoms with Crippen molar-refractivity contribution in [3.63, 3.8) is 0 Å². The molecule has 0 fully saturated rings. The van der Waals surface area contributed by atoms with E-state index in [1.54, 1.807) is 0 Å². The molecular formula is C15H11FN2O2. The average Bonchev–Trinajstić information content (AvgIpc) is 2.47. The Kier molecular flexibility index (Phi) is 3.16. The van der Waals surface area contributed by atoms with E-state index in [-0.39, 0.29) is 23.3 Å². The second-order valence-corrected chi connectivity index (χ2v) is 4.31. The lowest BCUT2D eigenvalue weighted by Gasteiger charge is -2.08. The molecule has 0 aliphatic carbocycles. The van der Waals surface area contributed by atoms with Gasteiger partial charge >= 0.3 is 0 Å². The smallest absolute Gasteiger partial charge is 0.258 e. The van der Waals surface area contributed by atoms with Gasteiger partial charge in [0.15, 0.2) is 11.6 Å². The molecule has 0 aliphatic heterocycles. The third-order valence-corrected chi connectivity index (χ3v) is 2.93. The molecule has 1 N–H and O–H groups in total. The first kappa shape index (κ1) is 12.3. The summed E-state index contributed by atoms with van der Waals surface area (Å²) in [6, 6.07) is 12.0. The van der Waals surface area contributed by atoms with E-state index in [9.17, 15) is 9.18 Å². The lowest BCUT2D eigenvalue weighted by molar-refractivity contribution is 0.291. The number of benzene rings is 2. The minimum atomic E-state index is -0.577. The van der Waals surface area contributed by atoms with E-state index in [0.29, 0.717) is 5.52 Å². The molecule has 5 heteroatoms. The van der Waals surface area contributed by atoms with Crippen molar-refractivity contribution in [1.29, 1.82) is 0 Å². The molecule has 0 bridgehead atoms. The maximum atomic E-state index is 13.9. The minimum Gasteiger partial charge on any atom is -0.486 e. The Labute approximate surface area is 113 Å². The lowest BCUT2D eigenvalue weighted by Crippen LogP contribution is -2.07. The number of aromatic nitrogens is 2. The zero-order valence-corrected chi connectivity index (χ0v) is 10.5. The summed E-state index contributed by atoms with van der Waals surface area (Å²) in [5.41, 5.74) is 0.965. The van der Waals surface area contributed by atoms with Gasteiger partial charge in [0.2, 0.25) is 0 Å². The number of halogens is 1. The molecule has 1 aromatic heterocycles. The molecule has 0 unspecified atom stereocenters. The van der Waals surface area contributed by atoms with Gasteiger partial charge in [0, 0.05) is 6.07 Å². The number of H-pyrrole nitrogens is 1. The summed E-state index contributed by atoms with van der Waals surface area (Å²) >= 11 is 0. The maximum absolute atomic E-state index is 13.9. The summed E-state index contributed by atoms with van der Waals surface area (Å²) in [5.74, 6) is -0.494. The van der Waals surface area contributed by atoms with E-state index in [4.69, 9.17) is 4.74 Å². The first-order chi connectivity index (χ1) is 9.74. The van der Waals surface area contributed by atoms with Gasteiger partial charge in [-0.25, -0.2) is 9.37 Å². The molecule has 0 radical (unpaired) electrons. The zero-order valence-electron chi connectivity index (χ0n) is 10.5. The van der Waals surface area contributed by atoms with Crippen LogP contribution in [0, 0.1) is 5.82 Å². The SMILES string of the molecule is O=c1[nH]cnc2cc(OCc3ccccc3)c(F)cc12. The molecule has 0 saturated carbocycles. The normalized spacial score (nSPS) is 10.7. The largest absolute Gasteiger partial charge is 0.486 e. The van der Waals surface area contributed by atoms with Crippen LogP contribution < -0.4 is 10.3 Å². The fourth-order valence-corrected chi connectivity index (χ4v) is 1.92. The first-order valence-corrected chi connectivity index (χ1v) is 6.08. The molecule has 0 aliphatic rings. The molecule has 3 rings (SSSR count). The van der Waals surface area contributed by atoms with Crippen molar-refractivity contribution in [1.82, 2.24) is 9.97 Å². The van der Waals surface area contributed by atoms with Gasteiger partial charge in [-0.05, 0) is 11.6 Å². The molecule has 0 saturated heterocycles. The fraction of sp³-hybridized carbons (Fsp3) is 0.0667. The summed E-state index contributed by atoms with van der Waals surface area (Å²) < 4.78 is 19.3. The summed E-state index contributed by atoms with van der Waals surface area (Å²) in [7, 11) is 0. The Morgan fingerprint density at radius 3 is 2.80 bits per heavy atom. The highest BCUT2D eigenvalue weighted by Gasteiger charge is 2.09. The summed E-state index contributed by atoms with van der Waals surface area (Å²) in [6.07, 6.45) is 1.28. The Bertz CT molecular complexity index is 800. The fourth-order valence-electron chi connectivity index (χ4n) is 1.92. The van der Waals surface area contributed by atoms with Gasteiger partial charge in [0.05, 0.1) is 17.2 Å².